The van der Waals surface area contributed by atoms with E-state index in [4.69, 9.17) is 4.74 Å². The van der Waals surface area contributed by atoms with Gasteiger partial charge in [0.05, 0.1) is 6.61 Å². The van der Waals surface area contributed by atoms with Crippen LogP contribution in [0.2, 0.25) is 0 Å². The van der Waals surface area contributed by atoms with Crippen molar-refractivity contribution < 1.29 is 9.13 Å². The first-order valence-electron chi connectivity index (χ1n) is 4.07. The van der Waals surface area contributed by atoms with E-state index in [0.717, 1.165) is 11.1 Å². The SMILES string of the molecule is CCOCc1cc(F)ccc1C. The zero-order valence-corrected chi connectivity index (χ0v) is 7.43. The Labute approximate surface area is 72.2 Å². The van der Waals surface area contributed by atoms with Gasteiger partial charge in [0.15, 0.2) is 0 Å². The number of halogens is 1. The molecule has 0 aliphatic rings. The Balaban J connectivity index is 2.75. The summed E-state index contributed by atoms with van der Waals surface area (Å²) in [7, 11) is 0. The molecule has 1 rings (SSSR count). The van der Waals surface area contributed by atoms with E-state index in [1.807, 2.05) is 13.8 Å². The minimum atomic E-state index is -0.199. The van der Waals surface area contributed by atoms with Crippen LogP contribution in [0.15, 0.2) is 18.2 Å². The lowest BCUT2D eigenvalue weighted by molar-refractivity contribution is 0.133. The summed E-state index contributed by atoms with van der Waals surface area (Å²) in [6.45, 7) is 5.04. The third-order valence-electron chi connectivity index (χ3n) is 1.77. The number of ether oxygens (including phenoxy) is 1. The van der Waals surface area contributed by atoms with Crippen molar-refractivity contribution in [3.8, 4) is 0 Å². The van der Waals surface area contributed by atoms with Gasteiger partial charge in [-0.3, -0.25) is 0 Å². The van der Waals surface area contributed by atoms with E-state index in [1.165, 1.54) is 12.1 Å². The second-order valence-corrected chi connectivity index (χ2v) is 2.71. The fourth-order valence-corrected chi connectivity index (χ4v) is 1.01. The van der Waals surface area contributed by atoms with Crippen molar-refractivity contribution in [2.24, 2.45) is 0 Å². The van der Waals surface area contributed by atoms with Gasteiger partial charge in [0.25, 0.3) is 0 Å². The molecule has 0 saturated heterocycles. The maximum absolute atomic E-state index is 12.7. The van der Waals surface area contributed by atoms with Gasteiger partial charge in [-0.2, -0.15) is 0 Å². The van der Waals surface area contributed by atoms with Crippen LogP contribution >= 0.6 is 0 Å². The molecule has 12 heavy (non-hydrogen) atoms. The number of benzene rings is 1. The molecule has 1 nitrogen and oxygen atoms in total. The van der Waals surface area contributed by atoms with Gasteiger partial charge < -0.3 is 4.74 Å². The lowest BCUT2D eigenvalue weighted by atomic mass is 10.1. The van der Waals surface area contributed by atoms with E-state index in [9.17, 15) is 4.39 Å². The Morgan fingerprint density at radius 1 is 1.42 bits per heavy atom. The maximum Gasteiger partial charge on any atom is 0.123 e. The quantitative estimate of drug-likeness (QED) is 0.674. The first kappa shape index (κ1) is 9.20. The van der Waals surface area contributed by atoms with E-state index in [2.05, 4.69) is 0 Å². The summed E-state index contributed by atoms with van der Waals surface area (Å²) >= 11 is 0. The molecule has 0 bridgehead atoms. The number of hydrogen-bond donors (Lipinski definition) is 0. The van der Waals surface area contributed by atoms with Crippen molar-refractivity contribution in [1.82, 2.24) is 0 Å². The van der Waals surface area contributed by atoms with Crippen molar-refractivity contribution in [1.29, 1.82) is 0 Å². The monoisotopic (exact) mass is 168 g/mol. The van der Waals surface area contributed by atoms with Crippen LogP contribution in [0.4, 0.5) is 4.39 Å². The number of hydrogen-bond acceptors (Lipinski definition) is 1. The van der Waals surface area contributed by atoms with Gasteiger partial charge in [-0.05, 0) is 37.1 Å². The molecule has 0 N–H and O–H groups in total. The second-order valence-electron chi connectivity index (χ2n) is 2.71. The smallest absolute Gasteiger partial charge is 0.123 e. The van der Waals surface area contributed by atoms with Crippen LogP contribution in [-0.2, 0) is 11.3 Å². The fraction of sp³-hybridized carbons (Fsp3) is 0.400. The Kier molecular flexibility index (Phi) is 3.23. The summed E-state index contributed by atoms with van der Waals surface area (Å²) in [5.74, 6) is -0.199. The largest absolute Gasteiger partial charge is 0.377 e. The first-order chi connectivity index (χ1) is 5.74. The lowest BCUT2D eigenvalue weighted by Gasteiger charge is -2.04. The number of rotatable bonds is 3. The summed E-state index contributed by atoms with van der Waals surface area (Å²) in [5.41, 5.74) is 2.00. The average molecular weight is 168 g/mol. The van der Waals surface area contributed by atoms with Crippen LogP contribution in [0, 0.1) is 12.7 Å². The van der Waals surface area contributed by atoms with E-state index >= 15 is 0 Å². The van der Waals surface area contributed by atoms with E-state index in [0.29, 0.717) is 13.2 Å². The van der Waals surface area contributed by atoms with Gasteiger partial charge in [0.2, 0.25) is 0 Å². The molecule has 0 atom stereocenters. The standard InChI is InChI=1S/C10H13FO/c1-3-12-7-9-6-10(11)5-4-8(9)2/h4-6H,3,7H2,1-2H3. The Morgan fingerprint density at radius 3 is 2.83 bits per heavy atom. The summed E-state index contributed by atoms with van der Waals surface area (Å²) < 4.78 is 17.9. The molecular weight excluding hydrogens is 155 g/mol. The van der Waals surface area contributed by atoms with Crippen LogP contribution in [0.25, 0.3) is 0 Å². The molecule has 0 fully saturated rings. The minimum absolute atomic E-state index is 0.199. The van der Waals surface area contributed by atoms with Crippen molar-refractivity contribution in [2.75, 3.05) is 6.61 Å². The first-order valence-corrected chi connectivity index (χ1v) is 4.07. The molecule has 0 heterocycles. The highest BCUT2D eigenvalue weighted by molar-refractivity contribution is 5.25. The van der Waals surface area contributed by atoms with Crippen LogP contribution in [0.1, 0.15) is 18.1 Å². The summed E-state index contributed by atoms with van der Waals surface area (Å²) in [6.07, 6.45) is 0. The Hall–Kier alpha value is -0.890. The van der Waals surface area contributed by atoms with E-state index in [-0.39, 0.29) is 5.82 Å². The molecule has 0 aromatic heterocycles. The van der Waals surface area contributed by atoms with Gasteiger partial charge in [0.1, 0.15) is 5.82 Å². The van der Waals surface area contributed by atoms with Crippen LogP contribution in [0.5, 0.6) is 0 Å². The number of aryl methyl sites for hydroxylation is 1. The second kappa shape index (κ2) is 4.21. The highest BCUT2D eigenvalue weighted by Crippen LogP contribution is 2.10. The molecule has 0 aliphatic heterocycles. The zero-order chi connectivity index (χ0) is 8.97. The van der Waals surface area contributed by atoms with Gasteiger partial charge in [-0.1, -0.05) is 6.07 Å². The van der Waals surface area contributed by atoms with Crippen molar-refractivity contribution >= 4 is 0 Å². The van der Waals surface area contributed by atoms with Gasteiger partial charge >= 0.3 is 0 Å². The zero-order valence-electron chi connectivity index (χ0n) is 7.43. The average Bonchev–Trinajstić information content (AvgIpc) is 2.07. The van der Waals surface area contributed by atoms with E-state index in [1.54, 1.807) is 6.07 Å². The molecule has 66 valence electrons. The van der Waals surface area contributed by atoms with Crippen molar-refractivity contribution in [2.45, 2.75) is 20.5 Å². The molecule has 0 amide bonds. The molecule has 0 unspecified atom stereocenters. The highest BCUT2D eigenvalue weighted by Gasteiger charge is 1.99. The molecule has 1 aromatic rings. The van der Waals surface area contributed by atoms with Gasteiger partial charge in [-0.15, -0.1) is 0 Å². The summed E-state index contributed by atoms with van der Waals surface area (Å²) in [6, 6.07) is 4.75. The van der Waals surface area contributed by atoms with Crippen LogP contribution in [-0.4, -0.2) is 6.61 Å². The topological polar surface area (TPSA) is 9.23 Å². The molecular formula is C10H13FO. The van der Waals surface area contributed by atoms with Crippen molar-refractivity contribution in [3.05, 3.63) is 35.1 Å². The maximum atomic E-state index is 12.7. The predicted octanol–water partition coefficient (Wildman–Crippen LogP) is 2.67. The third-order valence-corrected chi connectivity index (χ3v) is 1.77. The normalized spacial score (nSPS) is 10.2. The molecule has 2 heteroatoms. The molecule has 1 aromatic carbocycles. The predicted molar refractivity (Wildman–Crippen MR) is 46.5 cm³/mol. The van der Waals surface area contributed by atoms with Gasteiger partial charge in [-0.25, -0.2) is 4.39 Å². The van der Waals surface area contributed by atoms with Gasteiger partial charge in [0, 0.05) is 6.61 Å². The van der Waals surface area contributed by atoms with E-state index < -0.39 is 0 Å². The van der Waals surface area contributed by atoms with Crippen molar-refractivity contribution in [3.63, 3.8) is 0 Å². The van der Waals surface area contributed by atoms with Crippen LogP contribution in [0.3, 0.4) is 0 Å². The summed E-state index contributed by atoms with van der Waals surface area (Å²) in [4.78, 5) is 0. The minimum Gasteiger partial charge on any atom is -0.377 e. The Morgan fingerprint density at radius 2 is 2.17 bits per heavy atom. The molecule has 0 saturated carbocycles. The molecule has 0 radical (unpaired) electrons. The van der Waals surface area contributed by atoms with Crippen LogP contribution < -0.4 is 0 Å². The fourth-order valence-electron chi connectivity index (χ4n) is 1.01. The highest BCUT2D eigenvalue weighted by atomic mass is 19.1. The summed E-state index contributed by atoms with van der Waals surface area (Å²) in [5, 5.41) is 0. The molecule has 0 spiro atoms. The third kappa shape index (κ3) is 2.31. The molecule has 0 aliphatic carbocycles. The lowest BCUT2D eigenvalue weighted by Crippen LogP contribution is -1.95. The Bertz CT molecular complexity index is 258.